The fraction of sp³-hybridized carbons (Fsp3) is 0.250. The molecule has 1 N–H and O–H groups in total. The Morgan fingerprint density at radius 2 is 1.70 bits per heavy atom. The van der Waals surface area contributed by atoms with Crippen molar-refractivity contribution in [2.24, 2.45) is 0 Å². The number of rotatable bonds is 5. The van der Waals surface area contributed by atoms with Gasteiger partial charge in [-0.3, -0.25) is 0 Å². The van der Waals surface area contributed by atoms with Crippen LogP contribution in [-0.4, -0.2) is 14.2 Å². The van der Waals surface area contributed by atoms with Gasteiger partial charge < -0.3 is 10.1 Å². The normalized spacial score (nSPS) is 12.2. The summed E-state index contributed by atoms with van der Waals surface area (Å²) in [5, 5.41) is 3.37. The number of methoxy groups -OCH3 is 1. The Kier molecular flexibility index (Phi) is 5.64. The first kappa shape index (κ1) is 15.5. The molecule has 0 amide bonds. The van der Waals surface area contributed by atoms with Crippen molar-refractivity contribution in [3.63, 3.8) is 0 Å². The predicted octanol–water partition coefficient (Wildman–Crippen LogP) is 4.72. The summed E-state index contributed by atoms with van der Waals surface area (Å²) in [5.74, 6) is 0.907. The summed E-state index contributed by atoms with van der Waals surface area (Å²) in [5.41, 5.74) is 2.45. The Bertz CT molecular complexity index is 569. The zero-order valence-electron chi connectivity index (χ0n) is 11.5. The van der Waals surface area contributed by atoms with Crippen molar-refractivity contribution < 1.29 is 4.74 Å². The zero-order valence-corrected chi connectivity index (χ0v) is 14.7. The average molecular weight is 399 g/mol. The van der Waals surface area contributed by atoms with Crippen molar-refractivity contribution in [2.45, 2.75) is 12.5 Å². The van der Waals surface area contributed by atoms with E-state index in [1.54, 1.807) is 7.11 Å². The molecule has 0 aliphatic rings. The number of benzene rings is 2. The first-order valence-electron chi connectivity index (χ1n) is 6.39. The van der Waals surface area contributed by atoms with Gasteiger partial charge in [0.25, 0.3) is 0 Å². The molecule has 4 heteroatoms. The molecule has 0 saturated carbocycles. The van der Waals surface area contributed by atoms with Gasteiger partial charge in [-0.1, -0.05) is 44.0 Å². The van der Waals surface area contributed by atoms with Gasteiger partial charge >= 0.3 is 0 Å². The number of ether oxygens (including phenoxy) is 1. The smallest absolute Gasteiger partial charge is 0.123 e. The van der Waals surface area contributed by atoms with E-state index in [1.807, 2.05) is 19.2 Å². The van der Waals surface area contributed by atoms with Gasteiger partial charge in [-0.05, 0) is 49.4 Å². The highest BCUT2D eigenvalue weighted by Gasteiger charge is 2.15. The molecule has 0 aliphatic carbocycles. The maximum absolute atomic E-state index is 5.47. The molecular formula is C16H17Br2NO. The molecule has 2 rings (SSSR count). The van der Waals surface area contributed by atoms with Gasteiger partial charge in [0.15, 0.2) is 0 Å². The molecule has 2 nitrogen and oxygen atoms in total. The van der Waals surface area contributed by atoms with Crippen LogP contribution in [0, 0.1) is 0 Å². The van der Waals surface area contributed by atoms with Gasteiger partial charge in [0, 0.05) is 20.6 Å². The van der Waals surface area contributed by atoms with Gasteiger partial charge in [-0.2, -0.15) is 0 Å². The highest BCUT2D eigenvalue weighted by Crippen LogP contribution is 2.30. The van der Waals surface area contributed by atoms with Crippen LogP contribution >= 0.6 is 31.9 Å². The quantitative estimate of drug-likeness (QED) is 0.786. The van der Waals surface area contributed by atoms with E-state index in [4.69, 9.17) is 4.74 Å². The third-order valence-electron chi connectivity index (χ3n) is 3.27. The van der Waals surface area contributed by atoms with Gasteiger partial charge in [0.1, 0.15) is 5.75 Å². The van der Waals surface area contributed by atoms with E-state index in [-0.39, 0.29) is 6.04 Å². The number of likely N-dealkylation sites (N-methyl/N-ethyl adjacent to an activating group) is 1. The van der Waals surface area contributed by atoms with Crippen molar-refractivity contribution in [2.75, 3.05) is 14.2 Å². The molecule has 0 aliphatic heterocycles. The third kappa shape index (κ3) is 3.84. The summed E-state index contributed by atoms with van der Waals surface area (Å²) in [7, 11) is 3.68. The van der Waals surface area contributed by atoms with Crippen LogP contribution in [0.15, 0.2) is 51.4 Å². The molecule has 1 atom stereocenters. The molecule has 1 unspecified atom stereocenters. The second-order valence-electron chi connectivity index (χ2n) is 4.56. The van der Waals surface area contributed by atoms with Crippen LogP contribution in [0.1, 0.15) is 17.2 Å². The number of hydrogen-bond acceptors (Lipinski definition) is 2. The summed E-state index contributed by atoms with van der Waals surface area (Å²) in [6.45, 7) is 0. The van der Waals surface area contributed by atoms with E-state index < -0.39 is 0 Å². The fourth-order valence-corrected chi connectivity index (χ4v) is 2.84. The second-order valence-corrected chi connectivity index (χ2v) is 6.39. The third-order valence-corrected chi connectivity index (χ3v) is 4.29. The minimum absolute atomic E-state index is 0.212. The Balaban J connectivity index is 2.28. The molecular weight excluding hydrogens is 382 g/mol. The molecule has 20 heavy (non-hydrogen) atoms. The second kappa shape index (κ2) is 7.25. The first-order chi connectivity index (χ1) is 9.63. The van der Waals surface area contributed by atoms with Crippen LogP contribution in [0.4, 0.5) is 0 Å². The van der Waals surface area contributed by atoms with E-state index in [2.05, 4.69) is 67.5 Å². The molecule has 0 fully saturated rings. The van der Waals surface area contributed by atoms with E-state index in [0.717, 1.165) is 26.7 Å². The van der Waals surface area contributed by atoms with Crippen LogP contribution in [0.5, 0.6) is 5.75 Å². The highest BCUT2D eigenvalue weighted by atomic mass is 79.9. The molecule has 0 bridgehead atoms. The van der Waals surface area contributed by atoms with Crippen LogP contribution in [-0.2, 0) is 6.42 Å². The van der Waals surface area contributed by atoms with Crippen LogP contribution in [0.2, 0.25) is 0 Å². The molecule has 0 spiro atoms. The molecule has 0 heterocycles. The van der Waals surface area contributed by atoms with E-state index >= 15 is 0 Å². The highest BCUT2D eigenvalue weighted by molar-refractivity contribution is 9.10. The average Bonchev–Trinajstić information content (AvgIpc) is 2.46. The maximum Gasteiger partial charge on any atom is 0.123 e. The fourth-order valence-electron chi connectivity index (χ4n) is 2.20. The summed E-state index contributed by atoms with van der Waals surface area (Å²) in [6.07, 6.45) is 0.913. The van der Waals surface area contributed by atoms with Crippen molar-refractivity contribution >= 4 is 31.9 Å². The first-order valence-corrected chi connectivity index (χ1v) is 7.97. The maximum atomic E-state index is 5.47. The Hall–Kier alpha value is -0.840. The van der Waals surface area contributed by atoms with Gasteiger partial charge in [-0.15, -0.1) is 0 Å². The lowest BCUT2D eigenvalue weighted by atomic mass is 9.98. The standard InChI is InChI=1S/C16H17Br2NO/c1-19-15(9-11-3-5-12(17)6-4-11)14-10-13(18)7-8-16(14)20-2/h3-8,10,15,19H,9H2,1-2H3. The number of hydrogen-bond donors (Lipinski definition) is 1. The predicted molar refractivity (Wildman–Crippen MR) is 90.3 cm³/mol. The summed E-state index contributed by atoms with van der Waals surface area (Å²) < 4.78 is 7.63. The van der Waals surface area contributed by atoms with Crippen molar-refractivity contribution in [3.05, 3.63) is 62.5 Å². The Labute approximate surface area is 136 Å². The molecule has 2 aromatic carbocycles. The van der Waals surface area contributed by atoms with Crippen molar-refractivity contribution in [1.82, 2.24) is 5.32 Å². The lowest BCUT2D eigenvalue weighted by Crippen LogP contribution is -2.19. The van der Waals surface area contributed by atoms with Crippen LogP contribution in [0.3, 0.4) is 0 Å². The zero-order chi connectivity index (χ0) is 14.5. The lowest BCUT2D eigenvalue weighted by Gasteiger charge is -2.20. The largest absolute Gasteiger partial charge is 0.496 e. The molecule has 0 aromatic heterocycles. The Morgan fingerprint density at radius 3 is 2.30 bits per heavy atom. The van der Waals surface area contributed by atoms with Gasteiger partial charge in [0.2, 0.25) is 0 Å². The van der Waals surface area contributed by atoms with Gasteiger partial charge in [-0.25, -0.2) is 0 Å². The van der Waals surface area contributed by atoms with Crippen molar-refractivity contribution in [1.29, 1.82) is 0 Å². The lowest BCUT2D eigenvalue weighted by molar-refractivity contribution is 0.401. The summed E-state index contributed by atoms with van der Waals surface area (Å²) >= 11 is 6.99. The van der Waals surface area contributed by atoms with E-state index in [0.29, 0.717) is 0 Å². The van der Waals surface area contributed by atoms with Crippen molar-refractivity contribution in [3.8, 4) is 5.75 Å². The molecule has 0 radical (unpaired) electrons. The summed E-state index contributed by atoms with van der Waals surface area (Å²) in [4.78, 5) is 0. The molecule has 0 saturated heterocycles. The minimum Gasteiger partial charge on any atom is -0.496 e. The Morgan fingerprint density at radius 1 is 1.05 bits per heavy atom. The van der Waals surface area contributed by atoms with Crippen LogP contribution in [0.25, 0.3) is 0 Å². The molecule has 106 valence electrons. The number of nitrogens with one attached hydrogen (secondary N) is 1. The van der Waals surface area contributed by atoms with E-state index in [9.17, 15) is 0 Å². The number of halogens is 2. The topological polar surface area (TPSA) is 21.3 Å². The van der Waals surface area contributed by atoms with E-state index in [1.165, 1.54) is 5.56 Å². The molecule has 2 aromatic rings. The minimum atomic E-state index is 0.212. The van der Waals surface area contributed by atoms with Gasteiger partial charge in [0.05, 0.1) is 7.11 Å². The monoisotopic (exact) mass is 397 g/mol. The SMILES string of the molecule is CNC(Cc1ccc(Br)cc1)c1cc(Br)ccc1OC. The summed E-state index contributed by atoms with van der Waals surface area (Å²) in [6, 6.07) is 14.7. The van der Waals surface area contributed by atoms with Crippen LogP contribution < -0.4 is 10.1 Å².